The molecule has 0 radical (unpaired) electrons. The number of sulfonamides is 1. The zero-order valence-corrected chi connectivity index (χ0v) is 13.2. The molecule has 1 fully saturated rings. The van der Waals surface area contributed by atoms with Gasteiger partial charge in [0.1, 0.15) is 5.75 Å². The summed E-state index contributed by atoms with van der Waals surface area (Å²) < 4.78 is 29.1. The van der Waals surface area contributed by atoms with Gasteiger partial charge in [-0.05, 0) is 62.3 Å². The Morgan fingerprint density at radius 2 is 1.80 bits per heavy atom. The van der Waals surface area contributed by atoms with Gasteiger partial charge in [0.15, 0.2) is 0 Å². The third-order valence-corrected chi connectivity index (χ3v) is 5.12. The van der Waals surface area contributed by atoms with Crippen LogP contribution < -0.4 is 9.88 Å². The van der Waals surface area contributed by atoms with E-state index in [2.05, 4.69) is 6.92 Å². The quantitative estimate of drug-likeness (QED) is 0.932. The van der Waals surface area contributed by atoms with Crippen molar-refractivity contribution in [3.8, 4) is 5.75 Å². The molecule has 0 aliphatic heterocycles. The normalized spacial score (nSPS) is 23.6. The van der Waals surface area contributed by atoms with Crippen molar-refractivity contribution in [2.24, 2.45) is 11.1 Å². The van der Waals surface area contributed by atoms with Crippen LogP contribution in [0.15, 0.2) is 17.0 Å². The van der Waals surface area contributed by atoms with E-state index < -0.39 is 10.0 Å². The lowest BCUT2D eigenvalue weighted by Gasteiger charge is -2.27. The lowest BCUT2D eigenvalue weighted by Crippen LogP contribution is -2.24. The average Bonchev–Trinajstić information content (AvgIpc) is 2.25. The predicted octanol–water partition coefficient (Wildman–Crippen LogP) is 2.91. The average molecular weight is 297 g/mol. The van der Waals surface area contributed by atoms with Crippen LogP contribution >= 0.6 is 0 Å². The summed E-state index contributed by atoms with van der Waals surface area (Å²) in [6.07, 6.45) is 4.83. The minimum absolute atomic E-state index is 0.210. The number of nitrogens with two attached hydrogens (primary N) is 1. The summed E-state index contributed by atoms with van der Waals surface area (Å²) in [5.74, 6) is 1.44. The van der Waals surface area contributed by atoms with E-state index in [1.165, 1.54) is 12.8 Å². The number of ether oxygens (including phenoxy) is 1. The number of benzene rings is 1. The number of primary sulfonamides is 1. The van der Waals surface area contributed by atoms with Crippen molar-refractivity contribution >= 4 is 10.0 Å². The highest BCUT2D eigenvalue weighted by Crippen LogP contribution is 2.30. The number of hydrogen-bond acceptors (Lipinski definition) is 3. The Labute approximate surface area is 121 Å². The topological polar surface area (TPSA) is 69.4 Å². The van der Waals surface area contributed by atoms with E-state index in [-0.39, 0.29) is 11.0 Å². The maximum Gasteiger partial charge on any atom is 0.238 e. The summed E-state index contributed by atoms with van der Waals surface area (Å²) in [4.78, 5) is 0.210. The fraction of sp³-hybridized carbons (Fsp3) is 0.600. The predicted molar refractivity (Wildman–Crippen MR) is 79.3 cm³/mol. The summed E-state index contributed by atoms with van der Waals surface area (Å²) in [6.45, 7) is 5.75. The van der Waals surface area contributed by atoms with Gasteiger partial charge < -0.3 is 4.74 Å². The Balaban J connectivity index is 2.22. The van der Waals surface area contributed by atoms with Crippen molar-refractivity contribution in [1.82, 2.24) is 0 Å². The van der Waals surface area contributed by atoms with E-state index in [9.17, 15) is 8.42 Å². The number of aryl methyl sites for hydroxylation is 2. The molecule has 1 aromatic carbocycles. The molecule has 0 saturated heterocycles. The fourth-order valence-electron chi connectivity index (χ4n) is 3.11. The third kappa shape index (κ3) is 3.52. The van der Waals surface area contributed by atoms with Crippen LogP contribution in [-0.4, -0.2) is 14.5 Å². The summed E-state index contributed by atoms with van der Waals surface area (Å²) in [6, 6.07) is 3.54. The van der Waals surface area contributed by atoms with Gasteiger partial charge in [-0.25, -0.2) is 13.6 Å². The molecule has 0 amide bonds. The highest BCUT2D eigenvalue weighted by atomic mass is 32.2. The lowest BCUT2D eigenvalue weighted by molar-refractivity contribution is 0.129. The number of rotatable bonds is 3. The smallest absolute Gasteiger partial charge is 0.238 e. The van der Waals surface area contributed by atoms with Gasteiger partial charge in [0.05, 0.1) is 11.0 Å². The van der Waals surface area contributed by atoms with Crippen LogP contribution in [0, 0.1) is 19.8 Å². The highest BCUT2D eigenvalue weighted by molar-refractivity contribution is 7.89. The molecule has 0 heterocycles. The highest BCUT2D eigenvalue weighted by Gasteiger charge is 2.22. The molecule has 1 aromatic rings. The number of hydrogen-bond donors (Lipinski definition) is 1. The van der Waals surface area contributed by atoms with Crippen LogP contribution in [0.3, 0.4) is 0 Å². The molecule has 0 bridgehead atoms. The van der Waals surface area contributed by atoms with Crippen LogP contribution in [0.1, 0.15) is 43.7 Å². The lowest BCUT2D eigenvalue weighted by atomic mass is 9.89. The van der Waals surface area contributed by atoms with Crippen LogP contribution in [0.5, 0.6) is 5.75 Å². The largest absolute Gasteiger partial charge is 0.490 e. The molecule has 1 aliphatic rings. The van der Waals surface area contributed by atoms with Gasteiger partial charge in [0.2, 0.25) is 10.0 Å². The molecule has 0 spiro atoms. The molecule has 4 nitrogen and oxygen atoms in total. The van der Waals surface area contributed by atoms with Gasteiger partial charge in [0, 0.05) is 0 Å². The molecule has 5 heteroatoms. The second kappa shape index (κ2) is 5.74. The summed E-state index contributed by atoms with van der Waals surface area (Å²) >= 11 is 0. The molecule has 2 rings (SSSR count). The molecule has 1 aliphatic carbocycles. The summed E-state index contributed by atoms with van der Waals surface area (Å²) in [5, 5.41) is 5.24. The van der Waals surface area contributed by atoms with E-state index in [0.29, 0.717) is 17.0 Å². The molecule has 20 heavy (non-hydrogen) atoms. The maximum atomic E-state index is 11.6. The molecule has 1 saturated carbocycles. The zero-order valence-electron chi connectivity index (χ0n) is 12.3. The molecule has 2 unspecified atom stereocenters. The van der Waals surface area contributed by atoms with Crippen LogP contribution in [0.2, 0.25) is 0 Å². The Morgan fingerprint density at radius 1 is 1.20 bits per heavy atom. The Morgan fingerprint density at radius 3 is 2.30 bits per heavy atom. The summed E-state index contributed by atoms with van der Waals surface area (Å²) in [7, 11) is -3.68. The third-order valence-electron chi connectivity index (χ3n) is 3.91. The van der Waals surface area contributed by atoms with Gasteiger partial charge in [-0.1, -0.05) is 13.3 Å². The second-order valence-electron chi connectivity index (χ2n) is 5.94. The van der Waals surface area contributed by atoms with E-state index in [1.807, 2.05) is 0 Å². The van der Waals surface area contributed by atoms with Gasteiger partial charge in [-0.15, -0.1) is 0 Å². The Kier molecular flexibility index (Phi) is 4.39. The second-order valence-corrected chi connectivity index (χ2v) is 7.44. The maximum absolute atomic E-state index is 11.6. The minimum atomic E-state index is -3.68. The van der Waals surface area contributed by atoms with Gasteiger partial charge in [0.25, 0.3) is 0 Å². The van der Waals surface area contributed by atoms with Crippen LogP contribution in [0.4, 0.5) is 0 Å². The van der Waals surface area contributed by atoms with Crippen molar-refractivity contribution in [2.75, 3.05) is 0 Å². The molecule has 2 atom stereocenters. The monoisotopic (exact) mass is 297 g/mol. The van der Waals surface area contributed by atoms with Gasteiger partial charge >= 0.3 is 0 Å². The van der Waals surface area contributed by atoms with E-state index >= 15 is 0 Å². The first-order chi connectivity index (χ1) is 9.27. The Hall–Kier alpha value is -1.07. The molecule has 2 N–H and O–H groups in total. The first-order valence-electron chi connectivity index (χ1n) is 7.08. The van der Waals surface area contributed by atoms with Crippen LogP contribution in [-0.2, 0) is 10.0 Å². The van der Waals surface area contributed by atoms with E-state index in [4.69, 9.17) is 9.88 Å². The SMILES string of the molecule is Cc1cc(OC2CCCC(C)C2)cc(C)c1S(N)(=O)=O. The first kappa shape index (κ1) is 15.3. The van der Waals surface area contributed by atoms with Crippen molar-refractivity contribution in [3.63, 3.8) is 0 Å². The van der Waals surface area contributed by atoms with Crippen LogP contribution in [0.25, 0.3) is 0 Å². The van der Waals surface area contributed by atoms with E-state index in [0.717, 1.165) is 18.6 Å². The minimum Gasteiger partial charge on any atom is -0.490 e. The fourth-order valence-corrected chi connectivity index (χ4v) is 4.12. The molecular formula is C15H23NO3S. The molecular weight excluding hydrogens is 274 g/mol. The van der Waals surface area contributed by atoms with Crippen molar-refractivity contribution < 1.29 is 13.2 Å². The molecule has 112 valence electrons. The zero-order chi connectivity index (χ0) is 14.9. The van der Waals surface area contributed by atoms with Gasteiger partial charge in [-0.3, -0.25) is 0 Å². The van der Waals surface area contributed by atoms with Crippen molar-refractivity contribution in [2.45, 2.75) is 57.5 Å². The van der Waals surface area contributed by atoms with Gasteiger partial charge in [-0.2, -0.15) is 0 Å². The summed E-state index contributed by atoms with van der Waals surface area (Å²) in [5.41, 5.74) is 1.29. The molecule has 0 aromatic heterocycles. The first-order valence-corrected chi connectivity index (χ1v) is 8.62. The van der Waals surface area contributed by atoms with Crippen molar-refractivity contribution in [1.29, 1.82) is 0 Å². The standard InChI is InChI=1S/C15H23NO3S/c1-10-5-4-6-13(7-10)19-14-8-11(2)15(12(3)9-14)20(16,17)18/h8-10,13H,4-7H2,1-3H3,(H2,16,17,18). The van der Waals surface area contributed by atoms with E-state index in [1.54, 1.807) is 26.0 Å². The Bertz CT molecular complexity index is 572. The van der Waals surface area contributed by atoms with Crippen molar-refractivity contribution in [3.05, 3.63) is 23.3 Å².